The number of hydrogen-bond donors (Lipinski definition) is 3. The highest BCUT2D eigenvalue weighted by molar-refractivity contribution is 7.22. The van der Waals surface area contributed by atoms with E-state index in [1.807, 2.05) is 0 Å². The van der Waals surface area contributed by atoms with Crippen molar-refractivity contribution in [2.45, 2.75) is 11.8 Å². The van der Waals surface area contributed by atoms with Gasteiger partial charge < -0.3 is 10.4 Å². The summed E-state index contributed by atoms with van der Waals surface area (Å²) in [7, 11) is 0. The van der Waals surface area contributed by atoms with Crippen LogP contribution in [0.3, 0.4) is 0 Å². The molecular weight excluding hydrogens is 450 g/mol. The molecule has 2 aromatic heterocycles. The Hall–Kier alpha value is -3.64. The van der Waals surface area contributed by atoms with E-state index in [1.54, 1.807) is 0 Å². The standard InChI is InChI=1S/C20H13F4N5O2S/c21-12-3-5-13(6-4-12)27-17(30)29-18-28-14-7-2-11(10-15(14)32-18)19(31,20(22,23)24)16-25-8-1-9-26-16/h1-10,31H,(H2,27,28,29,30)/t19-/m0/s1. The number of alkyl halides is 3. The lowest BCUT2D eigenvalue weighted by Gasteiger charge is -2.29. The van der Waals surface area contributed by atoms with Gasteiger partial charge in [-0.15, -0.1) is 0 Å². The summed E-state index contributed by atoms with van der Waals surface area (Å²) in [6.45, 7) is 0. The average molecular weight is 463 g/mol. The minimum Gasteiger partial charge on any atom is -0.370 e. The van der Waals surface area contributed by atoms with Gasteiger partial charge >= 0.3 is 12.2 Å². The van der Waals surface area contributed by atoms with Crippen LogP contribution in [-0.4, -0.2) is 32.3 Å². The van der Waals surface area contributed by atoms with E-state index < -0.39 is 35.0 Å². The summed E-state index contributed by atoms with van der Waals surface area (Å²) in [5, 5.41) is 15.7. The first kappa shape index (κ1) is 21.6. The number of benzene rings is 2. The molecule has 7 nitrogen and oxygen atoms in total. The Morgan fingerprint density at radius 1 is 1.00 bits per heavy atom. The minimum absolute atomic E-state index is 0.114. The Labute approximate surface area is 181 Å². The Bertz CT molecular complexity index is 1260. The van der Waals surface area contributed by atoms with E-state index in [4.69, 9.17) is 0 Å². The number of nitrogens with zero attached hydrogens (tertiary/aromatic N) is 3. The Kier molecular flexibility index (Phi) is 5.48. The lowest BCUT2D eigenvalue weighted by molar-refractivity contribution is -0.251. The summed E-state index contributed by atoms with van der Waals surface area (Å²) in [6, 6.07) is 9.24. The Balaban J connectivity index is 1.62. The summed E-state index contributed by atoms with van der Waals surface area (Å²) in [5.41, 5.74) is -3.27. The molecule has 1 atom stereocenters. The Morgan fingerprint density at radius 3 is 2.34 bits per heavy atom. The second-order valence-electron chi connectivity index (χ2n) is 6.57. The highest BCUT2D eigenvalue weighted by atomic mass is 32.1. The van der Waals surface area contributed by atoms with Crippen molar-refractivity contribution in [2.24, 2.45) is 0 Å². The lowest BCUT2D eigenvalue weighted by atomic mass is 9.92. The van der Waals surface area contributed by atoms with Crippen molar-refractivity contribution in [2.75, 3.05) is 10.6 Å². The van der Waals surface area contributed by atoms with Crippen LogP contribution in [0.5, 0.6) is 0 Å². The van der Waals surface area contributed by atoms with Gasteiger partial charge in [-0.1, -0.05) is 17.4 Å². The number of nitrogens with one attached hydrogen (secondary N) is 2. The predicted octanol–water partition coefficient (Wildman–Crippen LogP) is 4.67. The molecule has 0 bridgehead atoms. The van der Waals surface area contributed by atoms with Gasteiger partial charge in [0.15, 0.2) is 11.0 Å². The molecule has 4 rings (SSSR count). The first-order valence-electron chi connectivity index (χ1n) is 8.98. The molecule has 12 heteroatoms. The van der Waals surface area contributed by atoms with E-state index in [-0.39, 0.29) is 9.83 Å². The monoisotopic (exact) mass is 463 g/mol. The largest absolute Gasteiger partial charge is 0.428 e. The second kappa shape index (κ2) is 8.13. The van der Waals surface area contributed by atoms with Crippen LogP contribution in [0.15, 0.2) is 60.9 Å². The molecule has 32 heavy (non-hydrogen) atoms. The van der Waals surface area contributed by atoms with E-state index in [2.05, 4.69) is 25.6 Å². The molecular formula is C20H13F4N5O2S. The molecule has 0 aliphatic heterocycles. The summed E-state index contributed by atoms with van der Waals surface area (Å²) < 4.78 is 54.8. The third-order valence-electron chi connectivity index (χ3n) is 4.43. The number of urea groups is 1. The number of carbonyl (C=O) groups is 1. The molecule has 0 aliphatic rings. The van der Waals surface area contributed by atoms with Crippen LogP contribution in [-0.2, 0) is 5.60 Å². The highest BCUT2D eigenvalue weighted by Gasteiger charge is 2.58. The van der Waals surface area contributed by atoms with Crippen LogP contribution in [0.1, 0.15) is 11.4 Å². The van der Waals surface area contributed by atoms with Gasteiger partial charge in [0.2, 0.25) is 5.60 Å². The quantitative estimate of drug-likeness (QED) is 0.382. The molecule has 0 spiro atoms. The second-order valence-corrected chi connectivity index (χ2v) is 7.60. The van der Waals surface area contributed by atoms with Crippen molar-refractivity contribution in [3.05, 3.63) is 78.1 Å². The van der Waals surface area contributed by atoms with E-state index in [0.717, 1.165) is 35.9 Å². The Morgan fingerprint density at radius 2 is 1.69 bits per heavy atom. The van der Waals surface area contributed by atoms with Crippen LogP contribution in [0.25, 0.3) is 10.2 Å². The molecule has 2 aromatic carbocycles. The number of aliphatic hydroxyl groups is 1. The van der Waals surface area contributed by atoms with Crippen molar-refractivity contribution in [3.63, 3.8) is 0 Å². The normalized spacial score (nSPS) is 13.5. The number of amides is 2. The van der Waals surface area contributed by atoms with E-state index in [9.17, 15) is 27.5 Å². The van der Waals surface area contributed by atoms with Crippen LogP contribution in [0, 0.1) is 5.82 Å². The zero-order valence-corrected chi connectivity index (χ0v) is 16.7. The summed E-state index contributed by atoms with van der Waals surface area (Å²) in [6.07, 6.45) is -2.89. The maximum absolute atomic E-state index is 13.9. The van der Waals surface area contributed by atoms with Gasteiger partial charge in [-0.3, -0.25) is 5.32 Å². The third kappa shape index (κ3) is 4.09. The molecule has 0 aliphatic carbocycles. The zero-order valence-electron chi connectivity index (χ0n) is 15.9. The van der Waals surface area contributed by atoms with Crippen molar-refractivity contribution >= 4 is 38.4 Å². The molecule has 164 valence electrons. The number of anilines is 2. The van der Waals surface area contributed by atoms with Crippen LogP contribution in [0.4, 0.5) is 33.2 Å². The lowest BCUT2D eigenvalue weighted by Crippen LogP contribution is -2.44. The van der Waals surface area contributed by atoms with Crippen molar-refractivity contribution in [3.8, 4) is 0 Å². The van der Waals surface area contributed by atoms with Crippen molar-refractivity contribution in [1.29, 1.82) is 0 Å². The van der Waals surface area contributed by atoms with Gasteiger partial charge in [0.1, 0.15) is 5.82 Å². The molecule has 2 amide bonds. The molecule has 0 saturated carbocycles. The van der Waals surface area contributed by atoms with Gasteiger partial charge in [0.05, 0.1) is 10.2 Å². The minimum atomic E-state index is -5.09. The van der Waals surface area contributed by atoms with Gasteiger partial charge in [-0.2, -0.15) is 13.2 Å². The summed E-state index contributed by atoms with van der Waals surface area (Å²) >= 11 is 0.912. The highest BCUT2D eigenvalue weighted by Crippen LogP contribution is 2.43. The fraction of sp³-hybridized carbons (Fsp3) is 0.100. The number of fused-ring (bicyclic) bond motifs is 1. The fourth-order valence-corrected chi connectivity index (χ4v) is 3.80. The van der Waals surface area contributed by atoms with E-state index in [0.29, 0.717) is 11.2 Å². The van der Waals surface area contributed by atoms with Crippen molar-refractivity contribution < 1.29 is 27.5 Å². The molecule has 4 aromatic rings. The van der Waals surface area contributed by atoms with Gasteiger partial charge in [0, 0.05) is 23.6 Å². The third-order valence-corrected chi connectivity index (χ3v) is 5.36. The van der Waals surface area contributed by atoms with Crippen LogP contribution < -0.4 is 10.6 Å². The summed E-state index contributed by atoms with van der Waals surface area (Å²) in [5.74, 6) is -1.27. The maximum Gasteiger partial charge on any atom is 0.428 e. The van der Waals surface area contributed by atoms with Crippen molar-refractivity contribution in [1.82, 2.24) is 15.0 Å². The van der Waals surface area contributed by atoms with Crippen LogP contribution in [0.2, 0.25) is 0 Å². The molecule has 3 N–H and O–H groups in total. The molecule has 0 radical (unpaired) electrons. The molecule has 0 saturated heterocycles. The first-order valence-corrected chi connectivity index (χ1v) is 9.80. The van der Waals surface area contributed by atoms with E-state index in [1.165, 1.54) is 36.4 Å². The molecule has 2 heterocycles. The summed E-state index contributed by atoms with van der Waals surface area (Å²) in [4.78, 5) is 23.5. The van der Waals surface area contributed by atoms with E-state index >= 15 is 0 Å². The fourth-order valence-electron chi connectivity index (χ4n) is 2.90. The smallest absolute Gasteiger partial charge is 0.370 e. The number of rotatable bonds is 4. The first-order chi connectivity index (χ1) is 15.2. The topological polar surface area (TPSA) is 100 Å². The number of hydrogen-bond acceptors (Lipinski definition) is 6. The number of halogens is 4. The average Bonchev–Trinajstić information content (AvgIpc) is 3.15. The predicted molar refractivity (Wildman–Crippen MR) is 110 cm³/mol. The maximum atomic E-state index is 13.9. The zero-order chi connectivity index (χ0) is 22.9. The molecule has 0 fully saturated rings. The van der Waals surface area contributed by atoms with Gasteiger partial charge in [0.25, 0.3) is 0 Å². The molecule has 0 unspecified atom stereocenters. The van der Waals surface area contributed by atoms with Crippen LogP contribution >= 0.6 is 11.3 Å². The number of thiazole rings is 1. The van der Waals surface area contributed by atoms with Gasteiger partial charge in [-0.25, -0.2) is 24.1 Å². The number of aromatic nitrogens is 3. The van der Waals surface area contributed by atoms with Gasteiger partial charge in [-0.05, 0) is 42.5 Å². The SMILES string of the molecule is O=C(Nc1ccc(F)cc1)Nc1nc2ccc([C@](O)(c3ncccn3)C(F)(F)F)cc2s1. The number of carbonyl (C=O) groups excluding carboxylic acids is 1.